The molecule has 1 aliphatic heterocycles. The molecule has 0 aliphatic carbocycles. The average molecular weight is 362 g/mol. The molecule has 1 saturated heterocycles. The Bertz CT molecular complexity index is 422. The zero-order chi connectivity index (χ0) is 13.5. The lowest BCUT2D eigenvalue weighted by Gasteiger charge is -2.14. The molecule has 0 atom stereocenters. The highest BCUT2D eigenvalue weighted by Crippen LogP contribution is 2.11. The Balaban J connectivity index is 0.00000200. The molecule has 112 valence electrons. The molecule has 1 fully saturated rings. The number of hydrogen-bond acceptors (Lipinski definition) is 2. The van der Waals surface area contributed by atoms with E-state index in [1.165, 1.54) is 38.9 Å². The second-order valence-electron chi connectivity index (χ2n) is 5.02. The van der Waals surface area contributed by atoms with Gasteiger partial charge in [-0.25, -0.2) is 0 Å². The number of carbonyl (C=O) groups excluding carboxylic acids is 1. The molecule has 1 N–H and O–H groups in total. The number of benzene rings is 1. The summed E-state index contributed by atoms with van der Waals surface area (Å²) in [4.78, 5) is 14.4. The lowest BCUT2D eigenvalue weighted by atomic mass is 10.2. The number of rotatable bonds is 6. The fraction of sp³-hybridized carbons (Fsp3) is 0.533. The molecule has 0 saturated carbocycles. The third-order valence-corrected chi connectivity index (χ3v) is 3.97. The Labute approximate surface area is 135 Å². The quantitative estimate of drug-likeness (QED) is 0.787. The maximum absolute atomic E-state index is 11.9. The third-order valence-electron chi connectivity index (χ3n) is 3.47. The van der Waals surface area contributed by atoms with Crippen LogP contribution in [0.15, 0.2) is 28.7 Å². The van der Waals surface area contributed by atoms with Crippen LogP contribution in [0.2, 0.25) is 0 Å². The maximum atomic E-state index is 11.9. The Kier molecular flexibility index (Phi) is 8.19. The third kappa shape index (κ3) is 5.81. The van der Waals surface area contributed by atoms with E-state index in [0.717, 1.165) is 17.4 Å². The van der Waals surface area contributed by atoms with Crippen LogP contribution >= 0.6 is 28.3 Å². The van der Waals surface area contributed by atoms with Gasteiger partial charge in [0.2, 0.25) is 0 Å². The Morgan fingerprint density at radius 1 is 1.25 bits per heavy atom. The number of likely N-dealkylation sites (tertiary alicyclic amines) is 1. The van der Waals surface area contributed by atoms with Gasteiger partial charge in [-0.15, -0.1) is 12.4 Å². The fourth-order valence-electron chi connectivity index (χ4n) is 2.40. The molecule has 0 aromatic heterocycles. The average Bonchev–Trinajstić information content (AvgIpc) is 2.91. The highest BCUT2D eigenvalue weighted by molar-refractivity contribution is 9.10. The van der Waals surface area contributed by atoms with Crippen molar-refractivity contribution in [1.82, 2.24) is 10.2 Å². The number of nitrogens with one attached hydrogen (secondary N) is 1. The minimum Gasteiger partial charge on any atom is -0.352 e. The number of unbranched alkanes of at least 4 members (excludes halogenated alkanes) is 1. The summed E-state index contributed by atoms with van der Waals surface area (Å²) < 4.78 is 0.939. The van der Waals surface area contributed by atoms with Gasteiger partial charge in [0, 0.05) is 16.6 Å². The molecule has 2 rings (SSSR count). The summed E-state index contributed by atoms with van der Waals surface area (Å²) in [5.41, 5.74) is 0.717. The number of carbonyl (C=O) groups is 1. The first-order chi connectivity index (χ1) is 9.25. The summed E-state index contributed by atoms with van der Waals surface area (Å²) in [5.74, 6) is 0.0162. The van der Waals surface area contributed by atoms with E-state index < -0.39 is 0 Å². The summed E-state index contributed by atoms with van der Waals surface area (Å²) in [6.07, 6.45) is 4.91. The molecule has 1 aliphatic rings. The molecule has 1 aromatic rings. The summed E-state index contributed by atoms with van der Waals surface area (Å²) >= 11 is 3.38. The lowest BCUT2D eigenvalue weighted by molar-refractivity contribution is 0.0952. The number of halogens is 2. The van der Waals surface area contributed by atoms with Crippen LogP contribution in [0.4, 0.5) is 0 Å². The molecular weight excluding hydrogens is 340 g/mol. The minimum atomic E-state index is 0. The van der Waals surface area contributed by atoms with Crippen molar-refractivity contribution in [1.29, 1.82) is 0 Å². The topological polar surface area (TPSA) is 32.3 Å². The monoisotopic (exact) mass is 360 g/mol. The smallest absolute Gasteiger partial charge is 0.251 e. The van der Waals surface area contributed by atoms with E-state index in [4.69, 9.17) is 0 Å². The highest BCUT2D eigenvalue weighted by atomic mass is 79.9. The van der Waals surface area contributed by atoms with E-state index in [1.807, 2.05) is 24.3 Å². The van der Waals surface area contributed by atoms with Gasteiger partial charge in [-0.1, -0.05) is 22.0 Å². The second-order valence-corrected chi connectivity index (χ2v) is 5.94. The van der Waals surface area contributed by atoms with Gasteiger partial charge < -0.3 is 10.2 Å². The molecule has 0 radical (unpaired) electrons. The Hall–Kier alpha value is -0.580. The van der Waals surface area contributed by atoms with Crippen molar-refractivity contribution >= 4 is 34.2 Å². The number of hydrogen-bond donors (Lipinski definition) is 1. The largest absolute Gasteiger partial charge is 0.352 e. The fourth-order valence-corrected chi connectivity index (χ4v) is 2.80. The summed E-state index contributed by atoms with van der Waals surface area (Å²) in [6, 6.07) is 7.49. The van der Waals surface area contributed by atoms with Crippen LogP contribution in [0.3, 0.4) is 0 Å². The van der Waals surface area contributed by atoms with Crippen molar-refractivity contribution in [3.8, 4) is 0 Å². The molecule has 20 heavy (non-hydrogen) atoms. The van der Waals surface area contributed by atoms with Crippen molar-refractivity contribution in [3.05, 3.63) is 34.3 Å². The van der Waals surface area contributed by atoms with Crippen LogP contribution in [0.25, 0.3) is 0 Å². The molecule has 0 spiro atoms. The molecule has 0 bridgehead atoms. The van der Waals surface area contributed by atoms with Crippen molar-refractivity contribution in [2.45, 2.75) is 25.7 Å². The van der Waals surface area contributed by atoms with Crippen LogP contribution < -0.4 is 5.32 Å². The standard InChI is InChI=1S/C15H21BrN2O.ClH/c16-14-7-5-6-13(12-14)15(19)17-8-1-2-9-18-10-3-4-11-18;/h5-7,12H,1-4,8-11H2,(H,17,19);1H. The molecule has 0 unspecified atom stereocenters. The second kappa shape index (κ2) is 9.37. The van der Waals surface area contributed by atoms with E-state index in [0.29, 0.717) is 5.56 Å². The first-order valence-electron chi connectivity index (χ1n) is 7.02. The van der Waals surface area contributed by atoms with Crippen LogP contribution in [0, 0.1) is 0 Å². The van der Waals surface area contributed by atoms with Crippen LogP contribution in [-0.2, 0) is 0 Å². The van der Waals surface area contributed by atoms with Gasteiger partial charge in [0.1, 0.15) is 0 Å². The van der Waals surface area contributed by atoms with Crippen molar-refractivity contribution in [2.24, 2.45) is 0 Å². The van der Waals surface area contributed by atoms with E-state index in [9.17, 15) is 4.79 Å². The van der Waals surface area contributed by atoms with Gasteiger partial charge >= 0.3 is 0 Å². The predicted molar refractivity (Wildman–Crippen MR) is 88.6 cm³/mol. The molecule has 1 heterocycles. The van der Waals surface area contributed by atoms with Crippen molar-refractivity contribution in [2.75, 3.05) is 26.2 Å². The maximum Gasteiger partial charge on any atom is 0.251 e. The molecule has 1 amide bonds. The van der Waals surface area contributed by atoms with Gasteiger partial charge in [-0.2, -0.15) is 0 Å². The van der Waals surface area contributed by atoms with Crippen molar-refractivity contribution < 1.29 is 4.79 Å². The molecular formula is C15H22BrClN2O. The normalized spacial score (nSPS) is 14.8. The van der Waals surface area contributed by atoms with Gasteiger partial charge in [0.05, 0.1) is 0 Å². The van der Waals surface area contributed by atoms with E-state index in [1.54, 1.807) is 0 Å². The predicted octanol–water partition coefficient (Wildman–Crippen LogP) is 3.48. The minimum absolute atomic E-state index is 0. The van der Waals surface area contributed by atoms with Crippen LogP contribution in [0.1, 0.15) is 36.0 Å². The lowest BCUT2D eigenvalue weighted by Crippen LogP contribution is -2.26. The van der Waals surface area contributed by atoms with Crippen LogP contribution in [-0.4, -0.2) is 37.0 Å². The van der Waals surface area contributed by atoms with E-state index >= 15 is 0 Å². The SMILES string of the molecule is Cl.O=C(NCCCCN1CCCC1)c1cccc(Br)c1. The van der Waals surface area contributed by atoms with E-state index in [-0.39, 0.29) is 18.3 Å². The molecule has 1 aromatic carbocycles. The first-order valence-corrected chi connectivity index (χ1v) is 7.81. The summed E-state index contributed by atoms with van der Waals surface area (Å²) in [7, 11) is 0. The highest BCUT2D eigenvalue weighted by Gasteiger charge is 2.10. The summed E-state index contributed by atoms with van der Waals surface area (Å²) in [5, 5.41) is 2.97. The van der Waals surface area contributed by atoms with Gasteiger partial charge in [-0.3, -0.25) is 4.79 Å². The number of nitrogens with zero attached hydrogens (tertiary/aromatic N) is 1. The number of amides is 1. The van der Waals surface area contributed by atoms with Gasteiger partial charge in [-0.05, 0) is 63.5 Å². The zero-order valence-electron chi connectivity index (χ0n) is 11.6. The Morgan fingerprint density at radius 2 is 2.00 bits per heavy atom. The van der Waals surface area contributed by atoms with Gasteiger partial charge in [0.15, 0.2) is 0 Å². The molecule has 3 nitrogen and oxygen atoms in total. The van der Waals surface area contributed by atoms with Crippen molar-refractivity contribution in [3.63, 3.8) is 0 Å². The van der Waals surface area contributed by atoms with Gasteiger partial charge in [0.25, 0.3) is 5.91 Å². The Morgan fingerprint density at radius 3 is 2.70 bits per heavy atom. The summed E-state index contributed by atoms with van der Waals surface area (Å²) in [6.45, 7) is 4.45. The zero-order valence-corrected chi connectivity index (χ0v) is 14.0. The molecule has 5 heteroatoms. The van der Waals surface area contributed by atoms with E-state index in [2.05, 4.69) is 26.1 Å². The van der Waals surface area contributed by atoms with Crippen LogP contribution in [0.5, 0.6) is 0 Å². The first kappa shape index (κ1) is 17.5.